The van der Waals surface area contributed by atoms with Crippen LogP contribution in [0.15, 0.2) is 78.1 Å². The van der Waals surface area contributed by atoms with Crippen molar-refractivity contribution >= 4 is 35.3 Å². The van der Waals surface area contributed by atoms with Gasteiger partial charge in [0, 0.05) is 31.4 Å². The number of carbonyl (C=O) groups excluding carboxylic acids is 4. The van der Waals surface area contributed by atoms with E-state index in [1.54, 1.807) is 4.90 Å². The number of allylic oxidation sites excluding steroid dienone is 1. The summed E-state index contributed by atoms with van der Waals surface area (Å²) in [5, 5.41) is 5.43. The van der Waals surface area contributed by atoms with Crippen molar-refractivity contribution in [2.45, 2.75) is 69.6 Å². The van der Waals surface area contributed by atoms with Crippen molar-refractivity contribution in [1.29, 1.82) is 0 Å². The minimum absolute atomic E-state index is 0.0772. The molecule has 0 bridgehead atoms. The Labute approximate surface area is 308 Å². The third kappa shape index (κ3) is 7.20. The zero-order valence-corrected chi connectivity index (χ0v) is 30.4. The molecule has 0 spiro atoms. The van der Waals surface area contributed by atoms with E-state index in [1.165, 1.54) is 14.2 Å². The molecule has 3 atom stereocenters. The number of ether oxygens (including phenoxy) is 2. The number of nitrogens with one attached hydrogen (secondary N) is 3. The zero-order chi connectivity index (χ0) is 37.3. The van der Waals surface area contributed by atoms with Crippen LogP contribution in [0.2, 0.25) is 0 Å². The minimum atomic E-state index is -0.870. The number of aliphatic imine (C=N–C) groups is 1. The molecule has 3 aliphatic heterocycles. The molecular weight excluding hydrogens is 674 g/mol. The summed E-state index contributed by atoms with van der Waals surface area (Å²) < 4.78 is 9.49. The number of aromatic nitrogens is 2. The highest BCUT2D eigenvalue weighted by atomic mass is 16.5. The fourth-order valence-electron chi connectivity index (χ4n) is 7.43. The molecule has 2 aromatic carbocycles. The van der Waals surface area contributed by atoms with Crippen LogP contribution in [0.5, 0.6) is 0 Å². The maximum atomic E-state index is 13.5. The lowest BCUT2D eigenvalue weighted by molar-refractivity contribution is -0.135. The highest BCUT2D eigenvalue weighted by Crippen LogP contribution is 2.42. The molecule has 2 fully saturated rings. The monoisotopic (exact) mass is 719 g/mol. The summed E-state index contributed by atoms with van der Waals surface area (Å²) in [5.74, 6) is 0.393. The largest absolute Gasteiger partial charge is 0.453 e. The molecule has 4 heterocycles. The number of hydrogen-bond donors (Lipinski definition) is 3. The number of imidazole rings is 1. The predicted molar refractivity (Wildman–Crippen MR) is 199 cm³/mol. The predicted octanol–water partition coefficient (Wildman–Crippen LogP) is 5.63. The summed E-state index contributed by atoms with van der Waals surface area (Å²) in [6, 6.07) is 15.5. The van der Waals surface area contributed by atoms with Gasteiger partial charge in [0.25, 0.3) is 0 Å². The normalized spacial score (nSPS) is 20.5. The number of likely N-dealkylation sites (tertiary alicyclic amines) is 1. The van der Waals surface area contributed by atoms with Gasteiger partial charge in [-0.2, -0.15) is 0 Å². The highest BCUT2D eigenvalue weighted by Gasteiger charge is 2.55. The maximum Gasteiger partial charge on any atom is 0.407 e. The number of H-pyrrole nitrogens is 1. The minimum Gasteiger partial charge on any atom is -0.453 e. The Morgan fingerprint density at radius 1 is 0.906 bits per heavy atom. The molecule has 7 rings (SSSR count). The molecule has 1 saturated heterocycles. The van der Waals surface area contributed by atoms with Crippen molar-refractivity contribution < 1.29 is 28.7 Å². The van der Waals surface area contributed by atoms with Gasteiger partial charge >= 0.3 is 12.2 Å². The van der Waals surface area contributed by atoms with E-state index in [4.69, 9.17) is 14.5 Å². The first kappa shape index (κ1) is 35.7. The molecule has 4 amide bonds. The topological polar surface area (TPSA) is 158 Å². The molecule has 0 radical (unpaired) electrons. The van der Waals surface area contributed by atoms with Crippen LogP contribution < -0.4 is 10.6 Å². The van der Waals surface area contributed by atoms with E-state index in [9.17, 15) is 19.2 Å². The summed E-state index contributed by atoms with van der Waals surface area (Å²) in [6.07, 6.45) is 9.94. The van der Waals surface area contributed by atoms with Crippen molar-refractivity contribution in [1.82, 2.24) is 30.4 Å². The van der Waals surface area contributed by atoms with Gasteiger partial charge in [0.2, 0.25) is 11.8 Å². The van der Waals surface area contributed by atoms with Gasteiger partial charge in [0.1, 0.15) is 17.4 Å². The Bertz CT molecular complexity index is 1980. The average molecular weight is 720 g/mol. The molecule has 13 nitrogen and oxygen atoms in total. The summed E-state index contributed by atoms with van der Waals surface area (Å²) in [4.78, 5) is 67.2. The van der Waals surface area contributed by atoms with Crippen LogP contribution in [0.3, 0.4) is 0 Å². The summed E-state index contributed by atoms with van der Waals surface area (Å²) in [6.45, 7) is 4.87. The molecule has 1 aromatic heterocycles. The standard InChI is InChI=1S/C40H45N7O6/c1-24(2)34(44-38(50)52-3)36(48)46-19-5-7-32(46)30-21-29(22-41-30)27-11-9-25(10-12-27)26-13-15-28(16-14-26)31-23-42-35(43-31)33-8-6-20-47(33)37(49)40(17-18-40)45-39(51)53-4/h5,7,9-16,22-24,32-34H,6,8,17-21H2,1-4H3,(H,42,43)(H,44,50)(H,45,51)/t32?,33-,34-/m0/s1. The van der Waals surface area contributed by atoms with Gasteiger partial charge in [0.05, 0.1) is 38.2 Å². The lowest BCUT2D eigenvalue weighted by Gasteiger charge is -2.31. The van der Waals surface area contributed by atoms with Crippen LogP contribution in [0.4, 0.5) is 9.59 Å². The second kappa shape index (κ2) is 14.7. The molecule has 13 heteroatoms. The number of rotatable bonds is 10. The number of amides is 4. The van der Waals surface area contributed by atoms with Crippen LogP contribution in [-0.4, -0.2) is 94.4 Å². The quantitative estimate of drug-likeness (QED) is 0.229. The molecule has 3 N–H and O–H groups in total. The van der Waals surface area contributed by atoms with Crippen molar-refractivity contribution in [2.24, 2.45) is 10.9 Å². The van der Waals surface area contributed by atoms with Gasteiger partial charge in [-0.25, -0.2) is 14.6 Å². The summed E-state index contributed by atoms with van der Waals surface area (Å²) in [5.41, 5.74) is 6.17. The second-order valence-electron chi connectivity index (χ2n) is 14.4. The molecule has 1 unspecified atom stereocenters. The van der Waals surface area contributed by atoms with E-state index in [2.05, 4.69) is 69.1 Å². The van der Waals surface area contributed by atoms with E-state index in [-0.39, 0.29) is 29.8 Å². The third-order valence-corrected chi connectivity index (χ3v) is 10.6. The summed E-state index contributed by atoms with van der Waals surface area (Å²) in [7, 11) is 2.59. The van der Waals surface area contributed by atoms with Crippen LogP contribution in [-0.2, 0) is 19.1 Å². The first-order chi connectivity index (χ1) is 25.6. The number of alkyl carbamates (subject to hydrolysis) is 2. The molecular formula is C40H45N7O6. The first-order valence-corrected chi connectivity index (χ1v) is 18.1. The second-order valence-corrected chi connectivity index (χ2v) is 14.4. The number of carbonyl (C=O) groups is 4. The van der Waals surface area contributed by atoms with Crippen molar-refractivity contribution in [3.63, 3.8) is 0 Å². The first-order valence-electron chi connectivity index (χ1n) is 18.1. The Morgan fingerprint density at radius 2 is 1.57 bits per heavy atom. The molecule has 4 aliphatic rings. The van der Waals surface area contributed by atoms with Gasteiger partial charge in [-0.05, 0) is 59.4 Å². The van der Waals surface area contributed by atoms with Crippen molar-refractivity contribution in [2.75, 3.05) is 27.3 Å². The Balaban J connectivity index is 0.967. The van der Waals surface area contributed by atoms with E-state index in [1.807, 2.05) is 43.3 Å². The van der Waals surface area contributed by atoms with Gasteiger partial charge in [-0.1, -0.05) is 74.5 Å². The zero-order valence-electron chi connectivity index (χ0n) is 30.4. The third-order valence-electron chi connectivity index (χ3n) is 10.6. The van der Waals surface area contributed by atoms with Gasteiger partial charge in [-0.15, -0.1) is 0 Å². The molecule has 276 valence electrons. The van der Waals surface area contributed by atoms with E-state index in [0.717, 1.165) is 57.9 Å². The fourth-order valence-corrected chi connectivity index (χ4v) is 7.43. The van der Waals surface area contributed by atoms with Crippen LogP contribution in [0.1, 0.15) is 63.4 Å². The highest BCUT2D eigenvalue weighted by molar-refractivity contribution is 6.05. The van der Waals surface area contributed by atoms with Crippen molar-refractivity contribution in [3.8, 4) is 22.4 Å². The van der Waals surface area contributed by atoms with E-state index < -0.39 is 23.8 Å². The smallest absolute Gasteiger partial charge is 0.407 e. The van der Waals surface area contributed by atoms with Crippen molar-refractivity contribution in [3.05, 3.63) is 84.5 Å². The number of nitrogens with zero attached hydrogens (tertiary/aromatic N) is 4. The summed E-state index contributed by atoms with van der Waals surface area (Å²) >= 11 is 0. The van der Waals surface area contributed by atoms with Gasteiger partial charge in [0.15, 0.2) is 0 Å². The van der Waals surface area contributed by atoms with Crippen LogP contribution in [0.25, 0.3) is 28.0 Å². The molecule has 53 heavy (non-hydrogen) atoms. The average Bonchev–Trinajstić information content (AvgIpc) is 3.75. The van der Waals surface area contributed by atoms with Crippen LogP contribution in [0, 0.1) is 5.92 Å². The van der Waals surface area contributed by atoms with E-state index in [0.29, 0.717) is 32.4 Å². The number of methoxy groups -OCH3 is 2. The number of aromatic amines is 1. The Hall–Kier alpha value is -5.72. The Morgan fingerprint density at radius 3 is 2.21 bits per heavy atom. The number of hydrogen-bond acceptors (Lipinski definition) is 8. The Kier molecular flexibility index (Phi) is 9.91. The molecule has 1 saturated carbocycles. The van der Waals surface area contributed by atoms with E-state index >= 15 is 0 Å². The van der Waals surface area contributed by atoms with Crippen LogP contribution >= 0.6 is 0 Å². The van der Waals surface area contributed by atoms with Gasteiger partial charge in [-0.3, -0.25) is 14.6 Å². The van der Waals surface area contributed by atoms with Gasteiger partial charge < -0.3 is 34.9 Å². The lowest BCUT2D eigenvalue weighted by atomic mass is 9.96. The SMILES string of the molecule is COC(=O)N[C@H](C(=O)N1CC=CC1C1=NC=C(c2ccc(-c3ccc(-c4cnc([C@@H]5CCCN5C(=O)C5(NC(=O)OC)CC5)[nH]4)cc3)cc2)C1)C(C)C. The molecule has 3 aromatic rings. The number of benzene rings is 2. The fraction of sp³-hybridized carbons (Fsp3) is 0.400. The lowest BCUT2D eigenvalue weighted by Crippen LogP contribution is -2.53. The molecule has 1 aliphatic carbocycles. The maximum absolute atomic E-state index is 13.5.